The van der Waals surface area contributed by atoms with Gasteiger partial charge in [0.15, 0.2) is 6.29 Å². The monoisotopic (exact) mass is 489 g/mol. The summed E-state index contributed by atoms with van der Waals surface area (Å²) in [4.78, 5) is 28.6. The molecule has 36 heavy (non-hydrogen) atoms. The number of piperidine rings is 1. The van der Waals surface area contributed by atoms with Gasteiger partial charge in [-0.15, -0.1) is 0 Å². The van der Waals surface area contributed by atoms with Crippen molar-refractivity contribution in [1.82, 2.24) is 20.8 Å². The van der Waals surface area contributed by atoms with Gasteiger partial charge in [0.1, 0.15) is 0 Å². The van der Waals surface area contributed by atoms with Crippen molar-refractivity contribution in [3.8, 4) is 0 Å². The Morgan fingerprint density at radius 3 is 2.50 bits per heavy atom. The van der Waals surface area contributed by atoms with Gasteiger partial charge >= 0.3 is 0 Å². The number of hydrogen-bond acceptors (Lipinski definition) is 7. The third kappa shape index (κ3) is 5.83. The van der Waals surface area contributed by atoms with Crippen molar-refractivity contribution >= 4 is 22.6 Å². The van der Waals surface area contributed by atoms with Crippen LogP contribution >= 0.6 is 0 Å². The molecule has 1 aromatic heterocycles. The quantitative estimate of drug-likeness (QED) is 0.313. The number of hydrogen-bond donors (Lipinski definition) is 2. The second kappa shape index (κ2) is 10.9. The van der Waals surface area contributed by atoms with Gasteiger partial charge in [0, 0.05) is 32.0 Å². The molecule has 1 saturated heterocycles. The molecule has 2 heterocycles. The van der Waals surface area contributed by atoms with Crippen LogP contribution in [-0.2, 0) is 16.1 Å². The van der Waals surface area contributed by atoms with Crippen molar-refractivity contribution in [3.63, 3.8) is 0 Å². The molecule has 1 saturated carbocycles. The summed E-state index contributed by atoms with van der Waals surface area (Å²) in [6.07, 6.45) is 2.57. The predicted octanol–water partition coefficient (Wildman–Crippen LogP) is 3.78. The topological polar surface area (TPSA) is 88.6 Å². The van der Waals surface area contributed by atoms with E-state index in [4.69, 9.17) is 9.57 Å². The van der Waals surface area contributed by atoms with E-state index >= 15 is 0 Å². The molecule has 0 radical (unpaired) electrons. The summed E-state index contributed by atoms with van der Waals surface area (Å²) in [6.45, 7) is 10.3. The molecule has 8 heteroatoms. The van der Waals surface area contributed by atoms with Crippen LogP contribution in [0.5, 0.6) is 0 Å². The standard InChI is InChI=1S/C28H35N5O3/c1-18(2)17-35-19(3)36-32-27(34)23-12-30-28(31-13-23)33-15-25-24(26(25)16-33)14-29-11-20-8-9-21-6-4-5-7-22(21)10-20/h4-10,12-13,18-19,24-26,29H,11,14-17H2,1-3H3,(H,32,34). The molecule has 1 aliphatic carbocycles. The molecule has 2 N–H and O–H groups in total. The number of carbonyl (C=O) groups is 1. The van der Waals surface area contributed by atoms with E-state index in [1.165, 1.54) is 16.3 Å². The fourth-order valence-electron chi connectivity index (χ4n) is 5.01. The van der Waals surface area contributed by atoms with Crippen molar-refractivity contribution in [2.75, 3.05) is 31.1 Å². The van der Waals surface area contributed by atoms with E-state index in [9.17, 15) is 4.79 Å². The van der Waals surface area contributed by atoms with Gasteiger partial charge in [0.2, 0.25) is 5.95 Å². The molecule has 3 aromatic rings. The third-order valence-electron chi connectivity index (χ3n) is 7.06. The Labute approximate surface area is 212 Å². The summed E-state index contributed by atoms with van der Waals surface area (Å²) in [5.74, 6) is 2.76. The smallest absolute Gasteiger partial charge is 0.278 e. The Balaban J connectivity index is 1.03. The number of amides is 1. The van der Waals surface area contributed by atoms with Crippen molar-refractivity contribution in [2.24, 2.45) is 23.7 Å². The number of aromatic nitrogens is 2. The minimum absolute atomic E-state index is 0.356. The van der Waals surface area contributed by atoms with E-state index in [0.29, 0.717) is 41.8 Å². The summed E-state index contributed by atoms with van der Waals surface area (Å²) in [7, 11) is 0. The van der Waals surface area contributed by atoms with Crippen molar-refractivity contribution < 1.29 is 14.4 Å². The highest BCUT2D eigenvalue weighted by atomic mass is 16.8. The van der Waals surface area contributed by atoms with Crippen molar-refractivity contribution in [3.05, 3.63) is 66.0 Å². The van der Waals surface area contributed by atoms with Gasteiger partial charge in [0.05, 0.1) is 12.2 Å². The Bertz CT molecular complexity index is 1170. The second-order valence-electron chi connectivity index (χ2n) is 10.3. The lowest BCUT2D eigenvalue weighted by Gasteiger charge is -2.20. The van der Waals surface area contributed by atoms with Crippen LogP contribution in [0, 0.1) is 23.7 Å². The minimum Gasteiger partial charge on any atom is -0.350 e. The van der Waals surface area contributed by atoms with Crippen LogP contribution in [0.2, 0.25) is 0 Å². The zero-order valence-corrected chi connectivity index (χ0v) is 21.2. The summed E-state index contributed by atoms with van der Waals surface area (Å²) >= 11 is 0. The lowest BCUT2D eigenvalue weighted by Crippen LogP contribution is -2.31. The molecule has 2 aromatic carbocycles. The first-order chi connectivity index (χ1) is 17.5. The molecule has 8 nitrogen and oxygen atoms in total. The molecule has 5 rings (SSSR count). The van der Waals surface area contributed by atoms with Gasteiger partial charge in [0.25, 0.3) is 5.91 Å². The predicted molar refractivity (Wildman–Crippen MR) is 139 cm³/mol. The van der Waals surface area contributed by atoms with Crippen LogP contribution in [0.25, 0.3) is 10.8 Å². The first-order valence-corrected chi connectivity index (χ1v) is 12.8. The molecule has 2 fully saturated rings. The molecule has 0 bridgehead atoms. The summed E-state index contributed by atoms with van der Waals surface area (Å²) in [6, 6.07) is 15.1. The number of ether oxygens (including phenoxy) is 1. The molecule has 1 aliphatic heterocycles. The number of anilines is 1. The number of fused-ring (bicyclic) bond motifs is 2. The van der Waals surface area contributed by atoms with E-state index in [1.807, 2.05) is 0 Å². The normalized spacial score (nSPS) is 21.6. The van der Waals surface area contributed by atoms with E-state index in [-0.39, 0.29) is 5.91 Å². The SMILES string of the molecule is CC(C)COC(C)ONC(=O)c1cnc(N2CC3C(CNCc4ccc5ccccc5c4)C3C2)nc1. The molecule has 2 aliphatic rings. The van der Waals surface area contributed by atoms with Crippen molar-refractivity contribution in [2.45, 2.75) is 33.6 Å². The van der Waals surface area contributed by atoms with Gasteiger partial charge in [-0.1, -0.05) is 50.2 Å². The van der Waals surface area contributed by atoms with Crippen molar-refractivity contribution in [1.29, 1.82) is 0 Å². The first kappa shape index (κ1) is 24.6. The zero-order valence-electron chi connectivity index (χ0n) is 21.2. The highest BCUT2D eigenvalue weighted by Gasteiger charge is 2.55. The molecular formula is C28H35N5O3. The van der Waals surface area contributed by atoms with Crippen LogP contribution < -0.4 is 15.7 Å². The molecule has 3 atom stereocenters. The maximum absolute atomic E-state index is 12.3. The number of hydroxylamine groups is 1. The zero-order chi connectivity index (χ0) is 25.1. The largest absolute Gasteiger partial charge is 0.350 e. The summed E-state index contributed by atoms with van der Waals surface area (Å²) < 4.78 is 5.48. The molecule has 190 valence electrons. The average Bonchev–Trinajstić information content (AvgIpc) is 3.33. The van der Waals surface area contributed by atoms with E-state index in [0.717, 1.165) is 26.2 Å². The summed E-state index contributed by atoms with van der Waals surface area (Å²) in [5, 5.41) is 6.22. The fraction of sp³-hybridized carbons (Fsp3) is 0.464. The molecule has 1 amide bonds. The number of nitrogens with zero attached hydrogens (tertiary/aromatic N) is 3. The second-order valence-corrected chi connectivity index (χ2v) is 10.3. The Morgan fingerprint density at radius 2 is 1.78 bits per heavy atom. The van der Waals surface area contributed by atoms with E-state index < -0.39 is 6.29 Å². The van der Waals surface area contributed by atoms with E-state index in [2.05, 4.69) is 82.0 Å². The van der Waals surface area contributed by atoms with Gasteiger partial charge < -0.3 is 15.0 Å². The number of carbonyl (C=O) groups excluding carboxylic acids is 1. The Morgan fingerprint density at radius 1 is 1.06 bits per heavy atom. The highest BCUT2D eigenvalue weighted by Crippen LogP contribution is 2.51. The average molecular weight is 490 g/mol. The Hall–Kier alpha value is -3.07. The Kier molecular flexibility index (Phi) is 7.46. The number of benzene rings is 2. The maximum Gasteiger partial charge on any atom is 0.278 e. The van der Waals surface area contributed by atoms with Gasteiger partial charge in [-0.2, -0.15) is 0 Å². The van der Waals surface area contributed by atoms with Gasteiger partial charge in [-0.3, -0.25) is 4.79 Å². The molecule has 0 spiro atoms. The highest BCUT2D eigenvalue weighted by molar-refractivity contribution is 5.92. The molecule has 3 unspecified atom stereocenters. The van der Waals surface area contributed by atoms with Gasteiger partial charge in [-0.05, 0) is 59.5 Å². The fourth-order valence-corrected chi connectivity index (χ4v) is 5.01. The van der Waals surface area contributed by atoms with Crippen LogP contribution in [-0.4, -0.2) is 48.4 Å². The third-order valence-corrected chi connectivity index (χ3v) is 7.06. The lowest BCUT2D eigenvalue weighted by molar-refractivity contribution is -0.163. The van der Waals surface area contributed by atoms with Crippen LogP contribution in [0.3, 0.4) is 0 Å². The van der Waals surface area contributed by atoms with Crippen LogP contribution in [0.15, 0.2) is 54.9 Å². The van der Waals surface area contributed by atoms with E-state index in [1.54, 1.807) is 19.3 Å². The van der Waals surface area contributed by atoms with Crippen LogP contribution in [0.4, 0.5) is 5.95 Å². The first-order valence-electron chi connectivity index (χ1n) is 12.8. The minimum atomic E-state index is -0.525. The number of rotatable bonds is 11. The van der Waals surface area contributed by atoms with Gasteiger partial charge in [-0.25, -0.2) is 20.3 Å². The lowest BCUT2D eigenvalue weighted by atomic mass is 10.1. The molecular weight excluding hydrogens is 454 g/mol. The van der Waals surface area contributed by atoms with Crippen LogP contribution in [0.1, 0.15) is 36.7 Å². The number of nitrogens with one attached hydrogen (secondary N) is 2. The maximum atomic E-state index is 12.3. The summed E-state index contributed by atoms with van der Waals surface area (Å²) in [5.41, 5.74) is 4.08.